The van der Waals surface area contributed by atoms with Crippen LogP contribution in [0.15, 0.2) is 48.5 Å². The molecule has 0 amide bonds. The zero-order valence-electron chi connectivity index (χ0n) is 15.5. The SMILES string of the molecule is CC(C)(C)c1ccc(Nc2nc(N)nc(OCc3ccccc3F)n2)cc1. The molecule has 140 valence electrons. The van der Waals surface area contributed by atoms with E-state index < -0.39 is 0 Å². The Morgan fingerprint density at radius 1 is 1.00 bits per heavy atom. The van der Waals surface area contributed by atoms with Crippen molar-refractivity contribution >= 4 is 17.6 Å². The molecular weight excluding hydrogens is 345 g/mol. The van der Waals surface area contributed by atoms with Crippen molar-refractivity contribution in [2.75, 3.05) is 11.1 Å². The van der Waals surface area contributed by atoms with Gasteiger partial charge in [-0.15, -0.1) is 0 Å². The fourth-order valence-corrected chi connectivity index (χ4v) is 2.43. The van der Waals surface area contributed by atoms with Gasteiger partial charge in [-0.05, 0) is 29.2 Å². The molecule has 0 atom stereocenters. The summed E-state index contributed by atoms with van der Waals surface area (Å²) in [5.41, 5.74) is 8.25. The first-order valence-electron chi connectivity index (χ1n) is 8.56. The monoisotopic (exact) mass is 367 g/mol. The molecule has 0 fully saturated rings. The van der Waals surface area contributed by atoms with Crippen LogP contribution in [0.3, 0.4) is 0 Å². The Kier molecular flexibility index (Phi) is 5.21. The van der Waals surface area contributed by atoms with Crippen LogP contribution in [0.5, 0.6) is 6.01 Å². The molecule has 0 unspecified atom stereocenters. The Labute approximate surface area is 157 Å². The third-order valence-electron chi connectivity index (χ3n) is 3.95. The summed E-state index contributed by atoms with van der Waals surface area (Å²) in [6.45, 7) is 6.46. The van der Waals surface area contributed by atoms with Gasteiger partial charge in [0.15, 0.2) is 0 Å². The van der Waals surface area contributed by atoms with Crippen molar-refractivity contribution in [2.24, 2.45) is 0 Å². The van der Waals surface area contributed by atoms with Crippen LogP contribution >= 0.6 is 0 Å². The highest BCUT2D eigenvalue weighted by Gasteiger charge is 2.13. The number of benzene rings is 2. The molecule has 0 radical (unpaired) electrons. The predicted octanol–water partition coefficient (Wildman–Crippen LogP) is 4.21. The smallest absolute Gasteiger partial charge is 0.323 e. The van der Waals surface area contributed by atoms with Crippen molar-refractivity contribution in [3.8, 4) is 6.01 Å². The van der Waals surface area contributed by atoms with Crippen molar-refractivity contribution in [2.45, 2.75) is 32.8 Å². The number of anilines is 3. The summed E-state index contributed by atoms with van der Waals surface area (Å²) in [4.78, 5) is 12.2. The van der Waals surface area contributed by atoms with Gasteiger partial charge in [0.05, 0.1) is 0 Å². The lowest BCUT2D eigenvalue weighted by atomic mass is 9.87. The molecule has 3 N–H and O–H groups in total. The van der Waals surface area contributed by atoms with Gasteiger partial charge in [-0.25, -0.2) is 4.39 Å². The molecular formula is C20H22FN5O. The highest BCUT2D eigenvalue weighted by Crippen LogP contribution is 2.24. The number of nitrogens with one attached hydrogen (secondary N) is 1. The van der Waals surface area contributed by atoms with Crippen molar-refractivity contribution < 1.29 is 9.13 Å². The van der Waals surface area contributed by atoms with E-state index in [0.717, 1.165) is 5.69 Å². The molecule has 6 nitrogen and oxygen atoms in total. The molecule has 0 spiro atoms. The van der Waals surface area contributed by atoms with Crippen molar-refractivity contribution in [3.05, 3.63) is 65.5 Å². The van der Waals surface area contributed by atoms with Crippen molar-refractivity contribution in [3.63, 3.8) is 0 Å². The summed E-state index contributed by atoms with van der Waals surface area (Å²) in [5, 5.41) is 3.08. The van der Waals surface area contributed by atoms with Gasteiger partial charge in [-0.3, -0.25) is 0 Å². The second-order valence-corrected chi connectivity index (χ2v) is 7.13. The topological polar surface area (TPSA) is 86.0 Å². The zero-order chi connectivity index (χ0) is 19.4. The molecule has 7 heteroatoms. The highest BCUT2D eigenvalue weighted by atomic mass is 19.1. The number of hydrogen-bond acceptors (Lipinski definition) is 6. The van der Waals surface area contributed by atoms with E-state index in [2.05, 4.69) is 41.0 Å². The van der Waals surface area contributed by atoms with Crippen LogP contribution in [0.25, 0.3) is 0 Å². The Hall–Kier alpha value is -3.22. The molecule has 0 aliphatic carbocycles. The van der Waals surface area contributed by atoms with E-state index in [-0.39, 0.29) is 35.7 Å². The van der Waals surface area contributed by atoms with Crippen LogP contribution in [-0.2, 0) is 12.0 Å². The van der Waals surface area contributed by atoms with Crippen LogP contribution < -0.4 is 15.8 Å². The standard InChI is InChI=1S/C20H22FN5O/c1-20(2,3)14-8-10-15(11-9-14)23-18-24-17(22)25-19(26-18)27-12-13-6-4-5-7-16(13)21/h4-11H,12H2,1-3H3,(H3,22,23,24,25,26). The molecule has 0 aliphatic rings. The molecule has 2 aromatic carbocycles. The minimum absolute atomic E-state index is 0.00412. The maximum Gasteiger partial charge on any atom is 0.323 e. The maximum atomic E-state index is 13.7. The average Bonchev–Trinajstić information content (AvgIpc) is 2.60. The van der Waals surface area contributed by atoms with E-state index in [1.807, 2.05) is 24.3 Å². The Bertz CT molecular complexity index is 922. The first-order chi connectivity index (χ1) is 12.8. The first kappa shape index (κ1) is 18.6. The van der Waals surface area contributed by atoms with Gasteiger partial charge in [0.1, 0.15) is 12.4 Å². The number of halogens is 1. The second kappa shape index (κ2) is 7.57. The maximum absolute atomic E-state index is 13.7. The predicted molar refractivity (Wildman–Crippen MR) is 103 cm³/mol. The summed E-state index contributed by atoms with van der Waals surface area (Å²) in [5.74, 6) is -0.0753. The lowest BCUT2D eigenvalue weighted by Crippen LogP contribution is -2.11. The van der Waals surface area contributed by atoms with Crippen LogP contribution in [-0.4, -0.2) is 15.0 Å². The number of ether oxygens (including phenoxy) is 1. The minimum atomic E-state index is -0.350. The molecule has 3 rings (SSSR count). The Morgan fingerprint density at radius 2 is 1.70 bits per heavy atom. The summed E-state index contributed by atoms with van der Waals surface area (Å²) in [7, 11) is 0. The van der Waals surface area contributed by atoms with E-state index in [9.17, 15) is 4.39 Å². The van der Waals surface area contributed by atoms with Crippen LogP contribution in [0, 0.1) is 5.82 Å². The Balaban J connectivity index is 1.72. The Morgan fingerprint density at radius 3 is 2.37 bits per heavy atom. The number of nitrogen functional groups attached to an aromatic ring is 1. The number of nitrogens with zero attached hydrogens (tertiary/aromatic N) is 3. The molecule has 1 heterocycles. The van der Waals surface area contributed by atoms with E-state index in [4.69, 9.17) is 10.5 Å². The molecule has 3 aromatic rings. The van der Waals surface area contributed by atoms with Crippen LogP contribution in [0.4, 0.5) is 22.0 Å². The quantitative estimate of drug-likeness (QED) is 0.702. The zero-order valence-corrected chi connectivity index (χ0v) is 15.5. The van der Waals surface area contributed by atoms with E-state index in [1.54, 1.807) is 18.2 Å². The fourth-order valence-electron chi connectivity index (χ4n) is 2.43. The molecule has 27 heavy (non-hydrogen) atoms. The molecule has 0 aliphatic heterocycles. The second-order valence-electron chi connectivity index (χ2n) is 7.13. The fraction of sp³-hybridized carbons (Fsp3) is 0.250. The van der Waals surface area contributed by atoms with Gasteiger partial charge in [0.2, 0.25) is 11.9 Å². The summed E-state index contributed by atoms with van der Waals surface area (Å²) >= 11 is 0. The van der Waals surface area contributed by atoms with E-state index >= 15 is 0 Å². The number of hydrogen-bond donors (Lipinski definition) is 2. The lowest BCUT2D eigenvalue weighted by molar-refractivity contribution is 0.275. The van der Waals surface area contributed by atoms with Gasteiger partial charge >= 0.3 is 6.01 Å². The third-order valence-corrected chi connectivity index (χ3v) is 3.95. The van der Waals surface area contributed by atoms with Crippen molar-refractivity contribution in [1.29, 1.82) is 0 Å². The summed E-state index contributed by atoms with van der Waals surface area (Å²) in [6.07, 6.45) is 0. The number of nitrogens with two attached hydrogens (primary N) is 1. The van der Waals surface area contributed by atoms with E-state index in [1.165, 1.54) is 11.6 Å². The first-order valence-corrected chi connectivity index (χ1v) is 8.56. The van der Waals surface area contributed by atoms with Gasteiger partial charge in [0.25, 0.3) is 0 Å². The van der Waals surface area contributed by atoms with Gasteiger partial charge < -0.3 is 15.8 Å². The highest BCUT2D eigenvalue weighted by molar-refractivity contribution is 5.55. The van der Waals surface area contributed by atoms with Crippen LogP contribution in [0.2, 0.25) is 0 Å². The average molecular weight is 367 g/mol. The largest absolute Gasteiger partial charge is 0.458 e. The lowest BCUT2D eigenvalue weighted by Gasteiger charge is -2.19. The van der Waals surface area contributed by atoms with E-state index in [0.29, 0.717) is 5.56 Å². The van der Waals surface area contributed by atoms with Gasteiger partial charge in [0, 0.05) is 11.3 Å². The molecule has 0 bridgehead atoms. The summed E-state index contributed by atoms with van der Waals surface area (Å²) < 4.78 is 19.2. The molecule has 1 aromatic heterocycles. The number of aromatic nitrogens is 3. The third kappa shape index (κ3) is 4.91. The van der Waals surface area contributed by atoms with Gasteiger partial charge in [-0.2, -0.15) is 15.0 Å². The van der Waals surface area contributed by atoms with Crippen LogP contribution in [0.1, 0.15) is 31.9 Å². The summed E-state index contributed by atoms with van der Waals surface area (Å²) in [6, 6.07) is 14.4. The number of rotatable bonds is 5. The van der Waals surface area contributed by atoms with Crippen molar-refractivity contribution in [1.82, 2.24) is 15.0 Å². The minimum Gasteiger partial charge on any atom is -0.458 e. The normalized spacial score (nSPS) is 11.3. The van der Waals surface area contributed by atoms with Gasteiger partial charge in [-0.1, -0.05) is 51.1 Å². The molecule has 0 saturated heterocycles. The molecule has 0 saturated carbocycles.